The zero-order valence-corrected chi connectivity index (χ0v) is 47.4. The van der Waals surface area contributed by atoms with E-state index in [1.54, 1.807) is 24.3 Å². The Morgan fingerprint density at radius 2 is 0.822 bits per heavy atom. The fourth-order valence-electron chi connectivity index (χ4n) is 10.4. The standard InChI is InChI=1S/C50H68O7.C12H26O4/c1-12-54-36(2)55-43-25-19-40(20-26-43)32-50(11,34-48(8,9)30-38-17-27-44(28-18-38)56-45(53)57-46(3,4)5)35-49(10,31-39-15-23-42(52)24-16-39)33-47(6,7)29-37-13-21-41(51)22-14-37;1-11(2)15-9-7-13-5-6-14-8-10-16-12(3)4/h13-28,36,51-52H,12,29-35H2,1-11H3;11-12H,5-10H2,1-4H3. The minimum atomic E-state index is -0.712. The summed E-state index contributed by atoms with van der Waals surface area (Å²) in [7, 11) is 0. The van der Waals surface area contributed by atoms with E-state index in [0.29, 0.717) is 52.0 Å². The first-order valence-corrected chi connectivity index (χ1v) is 26.5. The van der Waals surface area contributed by atoms with Crippen molar-refractivity contribution in [3.63, 3.8) is 0 Å². The molecule has 0 fully saturated rings. The van der Waals surface area contributed by atoms with Crippen LogP contribution in [-0.2, 0) is 54.1 Å². The molecule has 73 heavy (non-hydrogen) atoms. The normalized spacial score (nSPS) is 14.2. The quantitative estimate of drug-likeness (QED) is 0.0224. The summed E-state index contributed by atoms with van der Waals surface area (Å²) in [5.41, 5.74) is 3.84. The van der Waals surface area contributed by atoms with Gasteiger partial charge in [-0.25, -0.2) is 4.79 Å². The van der Waals surface area contributed by atoms with Gasteiger partial charge >= 0.3 is 6.16 Å². The zero-order valence-electron chi connectivity index (χ0n) is 47.4. The Morgan fingerprint density at radius 3 is 1.19 bits per heavy atom. The molecule has 408 valence electrons. The summed E-state index contributed by atoms with van der Waals surface area (Å²) in [5.74, 6) is 1.79. The molecule has 2 N–H and O–H groups in total. The van der Waals surface area contributed by atoms with Crippen molar-refractivity contribution in [1.82, 2.24) is 0 Å². The zero-order chi connectivity index (χ0) is 54.3. The van der Waals surface area contributed by atoms with Crippen LogP contribution in [0.1, 0.15) is 145 Å². The Morgan fingerprint density at radius 1 is 0.466 bits per heavy atom. The molecular weight excluding hydrogens is 921 g/mol. The van der Waals surface area contributed by atoms with Gasteiger partial charge in [-0.2, -0.15) is 0 Å². The Kier molecular flexibility index (Phi) is 25.8. The van der Waals surface area contributed by atoms with Crippen LogP contribution in [0.3, 0.4) is 0 Å². The molecule has 4 aromatic carbocycles. The maximum absolute atomic E-state index is 12.3. The number of ether oxygens (including phenoxy) is 8. The number of carbonyl (C=O) groups is 1. The first-order chi connectivity index (χ1) is 34.1. The van der Waals surface area contributed by atoms with E-state index >= 15 is 0 Å². The lowest BCUT2D eigenvalue weighted by Gasteiger charge is -2.47. The van der Waals surface area contributed by atoms with Crippen LogP contribution in [0.15, 0.2) is 97.1 Å². The van der Waals surface area contributed by atoms with Crippen molar-refractivity contribution in [2.24, 2.45) is 21.7 Å². The van der Waals surface area contributed by atoms with Crippen LogP contribution >= 0.6 is 0 Å². The molecule has 4 aromatic rings. The van der Waals surface area contributed by atoms with Gasteiger partial charge in [0.15, 0.2) is 6.29 Å². The molecule has 0 aromatic heterocycles. The summed E-state index contributed by atoms with van der Waals surface area (Å²) < 4.78 is 43.7. The molecule has 3 atom stereocenters. The lowest BCUT2D eigenvalue weighted by Crippen LogP contribution is -2.38. The molecule has 3 unspecified atom stereocenters. The third-order valence-electron chi connectivity index (χ3n) is 12.0. The molecule has 0 spiro atoms. The second kappa shape index (κ2) is 30.0. The summed E-state index contributed by atoms with van der Waals surface area (Å²) in [5, 5.41) is 20.1. The van der Waals surface area contributed by atoms with Gasteiger partial charge in [0.05, 0.1) is 51.8 Å². The van der Waals surface area contributed by atoms with Crippen LogP contribution in [0, 0.1) is 21.7 Å². The van der Waals surface area contributed by atoms with E-state index < -0.39 is 11.8 Å². The molecule has 0 aliphatic heterocycles. The number of rotatable bonds is 30. The molecule has 0 aliphatic carbocycles. The second-order valence-electron chi connectivity index (χ2n) is 23.6. The number of aromatic hydroxyl groups is 2. The summed E-state index contributed by atoms with van der Waals surface area (Å²) in [4.78, 5) is 12.3. The summed E-state index contributed by atoms with van der Waals surface area (Å²) in [6.45, 7) is 36.1. The van der Waals surface area contributed by atoms with Crippen molar-refractivity contribution in [2.75, 3.05) is 46.2 Å². The highest BCUT2D eigenvalue weighted by molar-refractivity contribution is 5.64. The van der Waals surface area contributed by atoms with E-state index in [9.17, 15) is 15.0 Å². The number of phenols is 2. The van der Waals surface area contributed by atoms with Crippen LogP contribution in [0.25, 0.3) is 0 Å². The topological polar surface area (TPSA) is 131 Å². The van der Waals surface area contributed by atoms with Gasteiger partial charge in [0.2, 0.25) is 0 Å². The van der Waals surface area contributed by atoms with Crippen LogP contribution in [0.2, 0.25) is 0 Å². The Bertz CT molecular complexity index is 2110. The molecule has 0 saturated carbocycles. The van der Waals surface area contributed by atoms with E-state index in [2.05, 4.69) is 65.8 Å². The van der Waals surface area contributed by atoms with Crippen LogP contribution in [-0.4, -0.2) is 86.7 Å². The highest BCUT2D eigenvalue weighted by Gasteiger charge is 2.42. The van der Waals surface area contributed by atoms with Gasteiger partial charge in [-0.05, 0) is 200 Å². The van der Waals surface area contributed by atoms with Crippen LogP contribution in [0.5, 0.6) is 23.0 Å². The maximum Gasteiger partial charge on any atom is 0.514 e. The second-order valence-corrected chi connectivity index (χ2v) is 23.6. The molecule has 0 amide bonds. The Hall–Kier alpha value is -4.65. The van der Waals surface area contributed by atoms with Crippen molar-refractivity contribution in [3.05, 3.63) is 119 Å². The fourth-order valence-corrected chi connectivity index (χ4v) is 10.4. The van der Waals surface area contributed by atoms with Gasteiger partial charge < -0.3 is 48.1 Å². The van der Waals surface area contributed by atoms with Crippen molar-refractivity contribution in [3.8, 4) is 23.0 Å². The third-order valence-corrected chi connectivity index (χ3v) is 12.0. The summed E-state index contributed by atoms with van der Waals surface area (Å²) >= 11 is 0. The SMILES string of the molecule is CC(C)OCCOCCOCCOC(C)C.CCOC(C)Oc1ccc(CC(C)(CC(C)(C)Cc2ccc(OC(=O)OC(C)(C)C)cc2)CC(C)(Cc2ccc(O)cc2)CC(C)(C)Cc2ccc(O)cc2)cc1. The first-order valence-electron chi connectivity index (χ1n) is 26.5. The summed E-state index contributed by atoms with van der Waals surface area (Å²) in [6, 6.07) is 31.5. The number of phenolic OH excluding ortho intramolecular Hbond substituents is 2. The van der Waals surface area contributed by atoms with Gasteiger partial charge in [0.25, 0.3) is 0 Å². The lowest BCUT2D eigenvalue weighted by molar-refractivity contribution is -0.0613. The largest absolute Gasteiger partial charge is 0.514 e. The van der Waals surface area contributed by atoms with Crippen LogP contribution < -0.4 is 9.47 Å². The minimum Gasteiger partial charge on any atom is -0.508 e. The van der Waals surface area contributed by atoms with Crippen molar-refractivity contribution in [2.45, 2.75) is 173 Å². The van der Waals surface area contributed by atoms with Crippen LogP contribution in [0.4, 0.5) is 4.79 Å². The molecule has 4 rings (SSSR count). The van der Waals surface area contributed by atoms with Gasteiger partial charge in [-0.3, -0.25) is 0 Å². The average Bonchev–Trinajstić information content (AvgIpc) is 3.26. The highest BCUT2D eigenvalue weighted by atomic mass is 16.7. The van der Waals surface area contributed by atoms with Crippen molar-refractivity contribution >= 4 is 6.16 Å². The number of carbonyl (C=O) groups excluding carboxylic acids is 1. The van der Waals surface area contributed by atoms with E-state index in [-0.39, 0.29) is 51.7 Å². The van der Waals surface area contributed by atoms with Gasteiger partial charge in [-0.1, -0.05) is 90.1 Å². The Labute approximate surface area is 440 Å². The fraction of sp³-hybridized carbons (Fsp3) is 0.597. The molecule has 0 aliphatic rings. The van der Waals surface area contributed by atoms with Crippen molar-refractivity contribution < 1.29 is 52.9 Å². The molecule has 11 nitrogen and oxygen atoms in total. The molecule has 0 bridgehead atoms. The molecule has 0 saturated heterocycles. The highest BCUT2D eigenvalue weighted by Crippen LogP contribution is 2.51. The number of hydrogen-bond acceptors (Lipinski definition) is 11. The average molecular weight is 1020 g/mol. The molecular formula is C62H94O11. The predicted octanol–water partition coefficient (Wildman–Crippen LogP) is 14.5. The minimum absolute atomic E-state index is 0.0432. The number of benzene rings is 4. The summed E-state index contributed by atoms with van der Waals surface area (Å²) in [6.07, 6.45) is 5.87. The molecule has 0 radical (unpaired) electrons. The van der Waals surface area contributed by atoms with Gasteiger partial charge in [0, 0.05) is 6.61 Å². The van der Waals surface area contributed by atoms with E-state index in [1.165, 1.54) is 22.3 Å². The predicted molar refractivity (Wildman–Crippen MR) is 294 cm³/mol. The lowest BCUT2D eigenvalue weighted by atomic mass is 9.58. The smallest absolute Gasteiger partial charge is 0.508 e. The monoisotopic (exact) mass is 1010 g/mol. The molecule has 11 heteroatoms. The Balaban J connectivity index is 0.000000752. The van der Waals surface area contributed by atoms with E-state index in [0.717, 1.165) is 50.7 Å². The first kappa shape index (κ1) is 62.6. The third kappa shape index (κ3) is 27.5. The molecule has 0 heterocycles. The van der Waals surface area contributed by atoms with Gasteiger partial charge in [0.1, 0.15) is 28.6 Å². The van der Waals surface area contributed by atoms with Crippen molar-refractivity contribution in [1.29, 1.82) is 0 Å². The van der Waals surface area contributed by atoms with E-state index in [1.807, 2.05) is 111 Å². The van der Waals surface area contributed by atoms with Gasteiger partial charge in [-0.15, -0.1) is 0 Å². The van der Waals surface area contributed by atoms with E-state index in [4.69, 9.17) is 37.9 Å². The number of hydrogen-bond donors (Lipinski definition) is 2. The maximum atomic E-state index is 12.3.